The molecule has 1 amide bonds. The molecule has 5 nitrogen and oxygen atoms in total. The number of rotatable bonds is 3. The summed E-state index contributed by atoms with van der Waals surface area (Å²) in [5.41, 5.74) is 2.43. The molecule has 1 N–H and O–H groups in total. The number of carboxylic acid groups (broad SMARTS) is 1. The van der Waals surface area contributed by atoms with E-state index in [0.717, 1.165) is 30.6 Å². The number of amides is 1. The third-order valence-electron chi connectivity index (χ3n) is 4.88. The van der Waals surface area contributed by atoms with Gasteiger partial charge in [0.05, 0.1) is 23.5 Å². The molecule has 1 fully saturated rings. The molecule has 2 aromatic rings. The second-order valence-electron chi connectivity index (χ2n) is 6.41. The van der Waals surface area contributed by atoms with Crippen LogP contribution in [-0.2, 0) is 11.3 Å². The molecule has 2 aliphatic heterocycles. The molecule has 6 heteroatoms. The molecule has 0 aromatic heterocycles. The highest BCUT2D eigenvalue weighted by atomic mass is 19.1. The van der Waals surface area contributed by atoms with Gasteiger partial charge in [0.15, 0.2) is 0 Å². The Balaban J connectivity index is 1.78. The van der Waals surface area contributed by atoms with Crippen LogP contribution in [0.4, 0.5) is 15.8 Å². The predicted molar refractivity (Wildman–Crippen MR) is 91.4 cm³/mol. The summed E-state index contributed by atoms with van der Waals surface area (Å²) in [4.78, 5) is 28.0. The first-order valence-corrected chi connectivity index (χ1v) is 8.24. The fraction of sp³-hybridized carbons (Fsp3) is 0.263. The lowest BCUT2D eigenvalue weighted by Gasteiger charge is -2.39. The summed E-state index contributed by atoms with van der Waals surface area (Å²) in [5, 5.41) is 9.29. The van der Waals surface area contributed by atoms with Gasteiger partial charge in [0.2, 0.25) is 5.91 Å². The van der Waals surface area contributed by atoms with E-state index in [2.05, 4.69) is 4.90 Å². The maximum absolute atomic E-state index is 13.1. The molecule has 128 valence electrons. The van der Waals surface area contributed by atoms with Crippen molar-refractivity contribution in [3.63, 3.8) is 0 Å². The summed E-state index contributed by atoms with van der Waals surface area (Å²) >= 11 is 0. The number of carboxylic acids is 1. The van der Waals surface area contributed by atoms with Crippen molar-refractivity contribution >= 4 is 23.3 Å². The van der Waals surface area contributed by atoms with E-state index in [4.69, 9.17) is 0 Å². The molecule has 0 saturated carbocycles. The Morgan fingerprint density at radius 1 is 1.16 bits per heavy atom. The fourth-order valence-corrected chi connectivity index (χ4v) is 3.66. The van der Waals surface area contributed by atoms with Gasteiger partial charge >= 0.3 is 5.97 Å². The lowest BCUT2D eigenvalue weighted by molar-refractivity contribution is -0.120. The van der Waals surface area contributed by atoms with Crippen molar-refractivity contribution in [2.75, 3.05) is 16.3 Å². The van der Waals surface area contributed by atoms with E-state index in [9.17, 15) is 19.1 Å². The quantitative estimate of drug-likeness (QED) is 0.933. The zero-order valence-corrected chi connectivity index (χ0v) is 13.5. The van der Waals surface area contributed by atoms with Crippen LogP contribution in [0.1, 0.15) is 28.8 Å². The van der Waals surface area contributed by atoms with Crippen LogP contribution in [0.2, 0.25) is 0 Å². The van der Waals surface area contributed by atoms with Crippen molar-refractivity contribution in [1.29, 1.82) is 0 Å². The highest BCUT2D eigenvalue weighted by Crippen LogP contribution is 2.41. The third-order valence-corrected chi connectivity index (χ3v) is 4.88. The van der Waals surface area contributed by atoms with Gasteiger partial charge in [0.1, 0.15) is 11.9 Å². The summed E-state index contributed by atoms with van der Waals surface area (Å²) in [6.07, 6.45) is 1.72. The van der Waals surface area contributed by atoms with Crippen molar-refractivity contribution in [1.82, 2.24) is 0 Å². The topological polar surface area (TPSA) is 60.9 Å². The van der Waals surface area contributed by atoms with E-state index in [1.54, 1.807) is 35.2 Å². The molecule has 1 saturated heterocycles. The normalized spacial score (nSPS) is 18.9. The summed E-state index contributed by atoms with van der Waals surface area (Å²) < 4.78 is 13.1. The molecule has 2 heterocycles. The van der Waals surface area contributed by atoms with Crippen molar-refractivity contribution in [2.45, 2.75) is 25.4 Å². The van der Waals surface area contributed by atoms with E-state index in [1.165, 1.54) is 12.1 Å². The van der Waals surface area contributed by atoms with Crippen LogP contribution < -0.4 is 9.80 Å². The maximum atomic E-state index is 13.1. The Morgan fingerprint density at radius 3 is 2.64 bits per heavy atom. The standard InChI is InChI=1S/C19H17FN2O3/c20-14-6-3-12(4-7-14)11-22-17-10-13(19(24)25)5-8-15(17)21-9-1-2-16(21)18(22)23/h3-8,10,16H,1-2,9,11H2,(H,24,25)/t16-/m1/s1. The van der Waals surface area contributed by atoms with E-state index < -0.39 is 5.97 Å². The average molecular weight is 340 g/mol. The molecular weight excluding hydrogens is 323 g/mol. The molecule has 1 atom stereocenters. The first-order chi connectivity index (χ1) is 12.0. The van der Waals surface area contributed by atoms with Crippen LogP contribution in [0.15, 0.2) is 42.5 Å². The molecule has 2 aliphatic rings. The molecule has 0 bridgehead atoms. The number of carbonyl (C=O) groups is 2. The molecule has 0 unspecified atom stereocenters. The molecule has 2 aromatic carbocycles. The first kappa shape index (κ1) is 15.6. The van der Waals surface area contributed by atoms with Gasteiger partial charge in [-0.15, -0.1) is 0 Å². The smallest absolute Gasteiger partial charge is 0.335 e. The first-order valence-electron chi connectivity index (χ1n) is 8.24. The number of carbonyl (C=O) groups excluding carboxylic acids is 1. The predicted octanol–water partition coefficient (Wildman–Crippen LogP) is 3.04. The monoisotopic (exact) mass is 340 g/mol. The zero-order valence-electron chi connectivity index (χ0n) is 13.5. The lowest BCUT2D eigenvalue weighted by atomic mass is 10.0. The zero-order chi connectivity index (χ0) is 17.6. The van der Waals surface area contributed by atoms with Crippen molar-refractivity contribution < 1.29 is 19.1 Å². The van der Waals surface area contributed by atoms with E-state index in [0.29, 0.717) is 12.2 Å². The molecule has 0 spiro atoms. The van der Waals surface area contributed by atoms with Gasteiger partial charge in [-0.1, -0.05) is 12.1 Å². The number of benzene rings is 2. The minimum Gasteiger partial charge on any atom is -0.478 e. The van der Waals surface area contributed by atoms with Crippen LogP contribution in [0.3, 0.4) is 0 Å². The van der Waals surface area contributed by atoms with Gasteiger partial charge in [0, 0.05) is 6.54 Å². The van der Waals surface area contributed by atoms with E-state index in [1.807, 2.05) is 0 Å². The van der Waals surface area contributed by atoms with Crippen LogP contribution in [0, 0.1) is 5.82 Å². The largest absolute Gasteiger partial charge is 0.478 e. The highest BCUT2D eigenvalue weighted by Gasteiger charge is 2.40. The van der Waals surface area contributed by atoms with E-state index in [-0.39, 0.29) is 23.3 Å². The second-order valence-corrected chi connectivity index (χ2v) is 6.41. The van der Waals surface area contributed by atoms with Gasteiger partial charge in [-0.2, -0.15) is 0 Å². The van der Waals surface area contributed by atoms with Gasteiger partial charge in [-0.05, 0) is 48.7 Å². The van der Waals surface area contributed by atoms with E-state index >= 15 is 0 Å². The number of hydrogen-bond donors (Lipinski definition) is 1. The van der Waals surface area contributed by atoms with Crippen LogP contribution in [-0.4, -0.2) is 29.6 Å². The Morgan fingerprint density at radius 2 is 1.92 bits per heavy atom. The highest BCUT2D eigenvalue weighted by molar-refractivity contribution is 6.07. The van der Waals surface area contributed by atoms with Crippen molar-refractivity contribution in [3.8, 4) is 0 Å². The number of hydrogen-bond acceptors (Lipinski definition) is 3. The van der Waals surface area contributed by atoms with Gasteiger partial charge < -0.3 is 14.9 Å². The molecular formula is C19H17FN2O3. The van der Waals surface area contributed by atoms with Gasteiger partial charge in [-0.3, -0.25) is 4.79 Å². The second kappa shape index (κ2) is 5.88. The van der Waals surface area contributed by atoms with Gasteiger partial charge in [-0.25, -0.2) is 9.18 Å². The maximum Gasteiger partial charge on any atom is 0.335 e. The van der Waals surface area contributed by atoms with Crippen LogP contribution >= 0.6 is 0 Å². The number of nitrogens with zero attached hydrogens (tertiary/aromatic N) is 2. The number of halogens is 1. The Kier molecular flexibility index (Phi) is 3.67. The molecule has 0 radical (unpaired) electrons. The SMILES string of the molecule is O=C(O)c1ccc2c(c1)N(Cc1ccc(F)cc1)C(=O)[C@H]1CCCN21. The van der Waals surface area contributed by atoms with Crippen LogP contribution in [0.25, 0.3) is 0 Å². The number of aromatic carboxylic acids is 1. The Hall–Kier alpha value is -2.89. The summed E-state index contributed by atoms with van der Waals surface area (Å²) in [6, 6.07) is 10.7. The minimum absolute atomic E-state index is 0.0307. The lowest BCUT2D eigenvalue weighted by Crippen LogP contribution is -2.50. The number of anilines is 2. The van der Waals surface area contributed by atoms with Crippen LogP contribution in [0.5, 0.6) is 0 Å². The Bertz CT molecular complexity index is 850. The molecule has 25 heavy (non-hydrogen) atoms. The van der Waals surface area contributed by atoms with Crippen molar-refractivity contribution in [3.05, 3.63) is 59.4 Å². The average Bonchev–Trinajstić information content (AvgIpc) is 3.10. The Labute approximate surface area is 144 Å². The third kappa shape index (κ3) is 2.63. The molecule has 0 aliphatic carbocycles. The van der Waals surface area contributed by atoms with Gasteiger partial charge in [0.25, 0.3) is 0 Å². The number of fused-ring (bicyclic) bond motifs is 3. The van der Waals surface area contributed by atoms with Crippen molar-refractivity contribution in [2.24, 2.45) is 0 Å². The summed E-state index contributed by atoms with van der Waals surface area (Å²) in [5.74, 6) is -1.39. The minimum atomic E-state index is -1.03. The summed E-state index contributed by atoms with van der Waals surface area (Å²) in [6.45, 7) is 1.08. The summed E-state index contributed by atoms with van der Waals surface area (Å²) in [7, 11) is 0. The fourth-order valence-electron chi connectivity index (χ4n) is 3.66. The molecule has 4 rings (SSSR count).